The summed E-state index contributed by atoms with van der Waals surface area (Å²) in [6.45, 7) is 7.46. The number of sulfonamides is 1. The molecule has 1 aliphatic rings. The highest BCUT2D eigenvalue weighted by Gasteiger charge is 2.18. The van der Waals surface area contributed by atoms with Crippen molar-refractivity contribution in [1.29, 1.82) is 0 Å². The Morgan fingerprint density at radius 3 is 2.10 bits per heavy atom. The molecule has 0 aliphatic carbocycles. The number of hydrogen-bond donors (Lipinski definition) is 1. The minimum Gasteiger partial charge on any atom is -0.288 e. The largest absolute Gasteiger partial charge is 0.288 e. The molecule has 0 radical (unpaired) electrons. The number of allylic oxidation sites excluding steroid dienone is 1. The summed E-state index contributed by atoms with van der Waals surface area (Å²) in [5.41, 5.74) is 0.602. The maximum atomic E-state index is 10.5. The molecular weight excluding hydrogens is 150 g/mol. The lowest BCUT2D eigenvalue weighted by molar-refractivity contribution is 0.596. The van der Waals surface area contributed by atoms with Crippen molar-refractivity contribution < 1.29 is 8.42 Å². The zero-order valence-electron chi connectivity index (χ0n) is 6.35. The topological polar surface area (TPSA) is 46.2 Å². The molecule has 0 bridgehead atoms. The zero-order valence-corrected chi connectivity index (χ0v) is 7.16. The third-order valence-electron chi connectivity index (χ3n) is 0.972. The van der Waals surface area contributed by atoms with E-state index in [0.717, 1.165) is 0 Å². The van der Waals surface area contributed by atoms with Gasteiger partial charge in [0.2, 0.25) is 10.0 Å². The Morgan fingerprint density at radius 1 is 1.50 bits per heavy atom. The van der Waals surface area contributed by atoms with Crippen molar-refractivity contribution in [3.63, 3.8) is 0 Å². The van der Waals surface area contributed by atoms with Crippen molar-refractivity contribution >= 4 is 10.0 Å². The fourth-order valence-electron chi connectivity index (χ4n) is 0.580. The van der Waals surface area contributed by atoms with Gasteiger partial charge in [-0.05, 0) is 0 Å². The lowest BCUT2D eigenvalue weighted by Gasteiger charge is -1.89. The minimum atomic E-state index is -2.95. The van der Waals surface area contributed by atoms with E-state index in [0.29, 0.717) is 12.1 Å². The number of hydrogen-bond acceptors (Lipinski definition) is 2. The second-order valence-corrected chi connectivity index (χ2v) is 3.62. The molecule has 1 rings (SSSR count). The number of rotatable bonds is 0. The van der Waals surface area contributed by atoms with Gasteiger partial charge < -0.3 is 0 Å². The monoisotopic (exact) mass is 163 g/mol. The quantitative estimate of drug-likeness (QED) is 0.575. The van der Waals surface area contributed by atoms with Gasteiger partial charge in [-0.1, -0.05) is 20.4 Å². The van der Waals surface area contributed by atoms with Gasteiger partial charge in [-0.2, -0.15) is 0 Å². The van der Waals surface area contributed by atoms with E-state index >= 15 is 0 Å². The fraction of sp³-hybridized carbons (Fsp3) is 0.667. The van der Waals surface area contributed by atoms with Crippen molar-refractivity contribution in [3.8, 4) is 0 Å². The summed E-state index contributed by atoms with van der Waals surface area (Å²) in [6, 6.07) is 0. The summed E-state index contributed by atoms with van der Waals surface area (Å²) in [4.78, 5) is 0. The lowest BCUT2D eigenvalue weighted by atomic mass is 10.4. The van der Waals surface area contributed by atoms with Crippen LogP contribution in [0.4, 0.5) is 0 Å². The van der Waals surface area contributed by atoms with E-state index in [-0.39, 0.29) is 5.75 Å². The van der Waals surface area contributed by atoms with E-state index < -0.39 is 10.0 Å². The molecule has 60 valence electrons. The number of nitrogens with one attached hydrogen (secondary N) is 1. The average molecular weight is 163 g/mol. The van der Waals surface area contributed by atoms with E-state index in [1.165, 1.54) is 0 Å². The van der Waals surface area contributed by atoms with Crippen LogP contribution in [0.5, 0.6) is 0 Å². The van der Waals surface area contributed by atoms with Crippen molar-refractivity contribution in [3.05, 3.63) is 12.3 Å². The van der Waals surface area contributed by atoms with Crippen molar-refractivity contribution in [2.45, 2.75) is 20.3 Å². The summed E-state index contributed by atoms with van der Waals surface area (Å²) in [5.74, 6) is 0.200. The van der Waals surface area contributed by atoms with Gasteiger partial charge in [-0.15, -0.1) is 0 Å². The average Bonchev–Trinajstić information content (AvgIpc) is 2.15. The van der Waals surface area contributed by atoms with Crippen molar-refractivity contribution in [2.75, 3.05) is 5.75 Å². The molecule has 0 saturated carbocycles. The molecule has 1 N–H and O–H groups in total. The van der Waals surface area contributed by atoms with Crippen molar-refractivity contribution in [2.24, 2.45) is 0 Å². The standard InChI is InChI=1S/C4H7NO2S.C2H6/c1-4-2-3-8(6,7)5-4;1-2/h5H,1-3H2;1-2H3. The van der Waals surface area contributed by atoms with Gasteiger partial charge in [0, 0.05) is 12.1 Å². The van der Waals surface area contributed by atoms with E-state index in [1.54, 1.807) is 0 Å². The van der Waals surface area contributed by atoms with E-state index in [9.17, 15) is 8.42 Å². The van der Waals surface area contributed by atoms with Crippen LogP contribution >= 0.6 is 0 Å². The molecule has 4 heteroatoms. The first-order valence-electron chi connectivity index (χ1n) is 3.28. The molecule has 0 spiro atoms. The first kappa shape index (κ1) is 9.49. The normalized spacial score (nSPS) is 20.8. The van der Waals surface area contributed by atoms with E-state index in [1.807, 2.05) is 13.8 Å². The minimum absolute atomic E-state index is 0.200. The van der Waals surface area contributed by atoms with Gasteiger partial charge in [0.1, 0.15) is 0 Å². The first-order valence-corrected chi connectivity index (χ1v) is 4.94. The molecule has 0 aromatic carbocycles. The Balaban J connectivity index is 0.000000371. The summed E-state index contributed by atoms with van der Waals surface area (Å²) in [7, 11) is -2.95. The highest BCUT2D eigenvalue weighted by Crippen LogP contribution is 2.07. The highest BCUT2D eigenvalue weighted by atomic mass is 32.2. The Morgan fingerprint density at radius 2 is 2.00 bits per heavy atom. The molecule has 0 atom stereocenters. The van der Waals surface area contributed by atoms with Crippen LogP contribution < -0.4 is 4.72 Å². The van der Waals surface area contributed by atoms with Crippen molar-refractivity contribution in [1.82, 2.24) is 4.72 Å². The molecule has 1 fully saturated rings. The summed E-state index contributed by atoms with van der Waals surface area (Å²) in [6.07, 6.45) is 0.558. The first-order chi connectivity index (χ1) is 4.60. The van der Waals surface area contributed by atoms with Gasteiger partial charge in [0.25, 0.3) is 0 Å². The molecule has 1 saturated heterocycles. The second kappa shape index (κ2) is 3.61. The van der Waals surface area contributed by atoms with Crippen LogP contribution in [0.2, 0.25) is 0 Å². The van der Waals surface area contributed by atoms with Gasteiger partial charge in [-0.3, -0.25) is 4.72 Å². The molecule has 0 aromatic rings. The Hall–Kier alpha value is -0.510. The van der Waals surface area contributed by atoms with Gasteiger partial charge in [-0.25, -0.2) is 8.42 Å². The SMILES string of the molecule is C=C1CCS(=O)(=O)N1.CC. The molecule has 3 nitrogen and oxygen atoms in total. The predicted octanol–water partition coefficient (Wildman–Crippen LogP) is 0.849. The summed E-state index contributed by atoms with van der Waals surface area (Å²) >= 11 is 0. The molecule has 0 unspecified atom stereocenters. The van der Waals surface area contributed by atoms with E-state index in [2.05, 4.69) is 11.3 Å². The van der Waals surface area contributed by atoms with Gasteiger partial charge in [0.15, 0.2) is 0 Å². The van der Waals surface area contributed by atoms with Crippen LogP contribution in [0.25, 0.3) is 0 Å². The van der Waals surface area contributed by atoms with Crippen LogP contribution in [-0.4, -0.2) is 14.2 Å². The fourth-order valence-corrected chi connectivity index (χ4v) is 1.74. The smallest absolute Gasteiger partial charge is 0.232 e. The maximum absolute atomic E-state index is 10.5. The summed E-state index contributed by atoms with van der Waals surface area (Å²) in [5, 5.41) is 0. The molecule has 0 amide bonds. The lowest BCUT2D eigenvalue weighted by Crippen LogP contribution is -2.13. The Bertz CT molecular complexity index is 206. The van der Waals surface area contributed by atoms with Crippen LogP contribution in [-0.2, 0) is 10.0 Å². The molecular formula is C6H13NO2S. The maximum Gasteiger partial charge on any atom is 0.232 e. The van der Waals surface area contributed by atoms with Crippen LogP contribution in [0, 0.1) is 0 Å². The predicted molar refractivity (Wildman–Crippen MR) is 42.0 cm³/mol. The third-order valence-corrected chi connectivity index (χ3v) is 2.31. The second-order valence-electron chi connectivity index (χ2n) is 1.77. The Kier molecular flexibility index (Phi) is 3.42. The highest BCUT2D eigenvalue weighted by molar-refractivity contribution is 7.89. The van der Waals surface area contributed by atoms with E-state index in [4.69, 9.17) is 0 Å². The van der Waals surface area contributed by atoms with Crippen LogP contribution in [0.15, 0.2) is 12.3 Å². The molecule has 10 heavy (non-hydrogen) atoms. The molecule has 1 heterocycles. The van der Waals surface area contributed by atoms with Crippen LogP contribution in [0.1, 0.15) is 20.3 Å². The van der Waals surface area contributed by atoms with Gasteiger partial charge in [0.05, 0.1) is 5.75 Å². The molecule has 0 aromatic heterocycles. The Labute approximate surface area is 62.2 Å². The van der Waals surface area contributed by atoms with Crippen LogP contribution in [0.3, 0.4) is 0 Å². The van der Waals surface area contributed by atoms with Gasteiger partial charge >= 0.3 is 0 Å². The third kappa shape index (κ3) is 2.87. The zero-order chi connectivity index (χ0) is 8.20. The molecule has 1 aliphatic heterocycles. The summed E-state index contributed by atoms with van der Waals surface area (Å²) < 4.78 is 23.2.